The first-order chi connectivity index (χ1) is 14.4. The first-order valence-corrected chi connectivity index (χ1v) is 12.9. The van der Waals surface area contributed by atoms with Gasteiger partial charge in [0.05, 0.1) is 26.4 Å². The van der Waals surface area contributed by atoms with Gasteiger partial charge in [0, 0.05) is 55.7 Å². The predicted molar refractivity (Wildman–Crippen MR) is 108 cm³/mol. The van der Waals surface area contributed by atoms with E-state index in [4.69, 9.17) is 0 Å². The summed E-state index contributed by atoms with van der Waals surface area (Å²) in [6.07, 6.45) is 0. The Morgan fingerprint density at radius 2 is 1.74 bits per heavy atom. The second kappa shape index (κ2) is 14.6. The summed E-state index contributed by atoms with van der Waals surface area (Å²) >= 11 is 1.84. The van der Waals surface area contributed by atoms with Gasteiger partial charge in [-0.15, -0.1) is 10.2 Å². The van der Waals surface area contributed by atoms with E-state index in [9.17, 15) is 30.7 Å². The zero-order valence-electron chi connectivity index (χ0n) is 18.0. The Morgan fingerprint density at radius 3 is 2.29 bits per heavy atom. The van der Waals surface area contributed by atoms with Crippen molar-refractivity contribution in [1.82, 2.24) is 19.1 Å². The number of thioether (sulfide) groups is 1. The fourth-order valence-corrected chi connectivity index (χ4v) is 4.97. The van der Waals surface area contributed by atoms with Gasteiger partial charge in [0.15, 0.2) is 5.69 Å². The number of aromatic nitrogens is 4. The maximum atomic E-state index is 12.6. The summed E-state index contributed by atoms with van der Waals surface area (Å²) in [5.41, 5.74) is 0.0556. The standard InChI is InChI=1S/C14H14N6O7S4.2Na.Y/c1-8-11(16-17-13-15-14(19-29-13)28-6-7-30(22,23)24)12(21)20(18-8)9-2-4-10(5-3-9)31(25,26)27;;;/h2-5,18H,6-7H2,1H3,(H,22,23,24)(H,25,26,27);;;/q;2*+1;/p-2. The van der Waals surface area contributed by atoms with Crippen LogP contribution < -0.4 is 64.7 Å². The minimum absolute atomic E-state index is 0. The second-order valence-corrected chi connectivity index (χ2v) is 10.5. The summed E-state index contributed by atoms with van der Waals surface area (Å²) in [6.45, 7) is 1.58. The molecule has 34 heavy (non-hydrogen) atoms. The quantitative estimate of drug-likeness (QED) is 0.108. The van der Waals surface area contributed by atoms with Gasteiger partial charge in [-0.2, -0.15) is 9.36 Å². The fourth-order valence-electron chi connectivity index (χ4n) is 2.23. The zero-order chi connectivity index (χ0) is 22.8. The predicted octanol–water partition coefficient (Wildman–Crippen LogP) is -4.71. The largest absolute Gasteiger partial charge is 1.00 e. The molecule has 20 heteroatoms. The number of rotatable bonds is 8. The van der Waals surface area contributed by atoms with Gasteiger partial charge in [-0.05, 0) is 31.2 Å². The van der Waals surface area contributed by atoms with E-state index in [2.05, 4.69) is 24.7 Å². The number of aromatic amines is 1. The average Bonchev–Trinajstić information content (AvgIpc) is 3.23. The molecule has 0 saturated heterocycles. The van der Waals surface area contributed by atoms with Crippen molar-refractivity contribution in [1.29, 1.82) is 0 Å². The third kappa shape index (κ3) is 9.85. The van der Waals surface area contributed by atoms with Crippen LogP contribution in [0.4, 0.5) is 10.8 Å². The van der Waals surface area contributed by atoms with Crippen LogP contribution in [0.2, 0.25) is 0 Å². The van der Waals surface area contributed by atoms with Gasteiger partial charge >= 0.3 is 59.1 Å². The second-order valence-electron chi connectivity index (χ2n) is 5.84. The molecule has 0 aliphatic rings. The van der Waals surface area contributed by atoms with Crippen molar-refractivity contribution in [2.75, 3.05) is 11.5 Å². The molecular weight excluding hydrogens is 627 g/mol. The Morgan fingerprint density at radius 1 is 1.12 bits per heavy atom. The van der Waals surface area contributed by atoms with Gasteiger partial charge in [0.2, 0.25) is 10.3 Å². The zero-order valence-corrected chi connectivity index (χ0v) is 28.1. The SMILES string of the molecule is Cc1[nH]n(-c2ccc(S(=O)(=O)[O-])cc2)c(=O)c1N=Nc1nc(SCCS(=O)(=O)[O-])ns1.[Na+].[Na+].[Y]. The van der Waals surface area contributed by atoms with E-state index < -0.39 is 36.4 Å². The summed E-state index contributed by atoms with van der Waals surface area (Å²) in [4.78, 5) is 16.2. The number of benzene rings is 1. The molecule has 2 heterocycles. The molecule has 1 aromatic carbocycles. The van der Waals surface area contributed by atoms with E-state index in [1.165, 1.54) is 12.1 Å². The van der Waals surface area contributed by atoms with Crippen molar-refractivity contribution in [3.05, 3.63) is 40.3 Å². The normalized spacial score (nSPS) is 11.5. The summed E-state index contributed by atoms with van der Waals surface area (Å²) in [5, 5.41) is 10.8. The van der Waals surface area contributed by atoms with Crippen LogP contribution in [0.1, 0.15) is 5.69 Å². The van der Waals surface area contributed by atoms with E-state index in [-0.39, 0.29) is 119 Å². The Hall–Kier alpha value is 0.664. The van der Waals surface area contributed by atoms with E-state index >= 15 is 0 Å². The molecule has 0 amide bonds. The van der Waals surface area contributed by atoms with E-state index in [1.54, 1.807) is 6.92 Å². The molecule has 0 aliphatic carbocycles. The smallest absolute Gasteiger partial charge is 0.748 e. The number of azo groups is 1. The van der Waals surface area contributed by atoms with Crippen molar-refractivity contribution >= 4 is 54.3 Å². The van der Waals surface area contributed by atoms with Crippen molar-refractivity contribution in [2.24, 2.45) is 10.2 Å². The Balaban J connectivity index is 0.00000363. The Bertz CT molecular complexity index is 1400. The number of nitrogens with zero attached hydrogens (tertiary/aromatic N) is 5. The van der Waals surface area contributed by atoms with E-state index in [0.717, 1.165) is 40.1 Å². The molecule has 0 bridgehead atoms. The summed E-state index contributed by atoms with van der Waals surface area (Å²) < 4.78 is 69.9. The molecule has 0 unspecified atom stereocenters. The van der Waals surface area contributed by atoms with Gasteiger partial charge < -0.3 is 9.11 Å². The summed E-state index contributed by atoms with van der Waals surface area (Å²) in [6, 6.07) is 4.75. The molecule has 0 fully saturated rings. The third-order valence-corrected chi connectivity index (χ3v) is 7.00. The minimum atomic E-state index is -4.61. The van der Waals surface area contributed by atoms with Crippen molar-refractivity contribution in [3.63, 3.8) is 0 Å². The van der Waals surface area contributed by atoms with Crippen LogP contribution in [0.3, 0.4) is 0 Å². The van der Waals surface area contributed by atoms with E-state index in [1.807, 2.05) is 0 Å². The maximum Gasteiger partial charge on any atom is 1.00 e. The number of H-pyrrole nitrogens is 1. The van der Waals surface area contributed by atoms with Crippen LogP contribution in [-0.2, 0) is 52.9 Å². The van der Waals surface area contributed by atoms with Gasteiger partial charge in [0.25, 0.3) is 5.56 Å². The molecule has 1 N–H and O–H groups in total. The molecule has 3 aromatic rings. The first-order valence-electron chi connectivity index (χ1n) is 8.14. The maximum absolute atomic E-state index is 12.6. The van der Waals surface area contributed by atoms with Gasteiger partial charge in [-0.25, -0.2) is 21.5 Å². The van der Waals surface area contributed by atoms with Gasteiger partial charge in [0.1, 0.15) is 10.1 Å². The van der Waals surface area contributed by atoms with Crippen LogP contribution in [0, 0.1) is 6.92 Å². The first kappa shape index (κ1) is 34.7. The Labute approximate surface area is 272 Å². The van der Waals surface area contributed by atoms with Gasteiger partial charge in [-0.1, -0.05) is 11.8 Å². The Kier molecular flexibility index (Phi) is 14.8. The minimum Gasteiger partial charge on any atom is -0.748 e. The molecule has 0 spiro atoms. The number of hydrogen-bond donors (Lipinski definition) is 1. The monoisotopic (exact) mass is 639 g/mol. The topological polar surface area (TPSA) is 203 Å². The summed E-state index contributed by atoms with van der Waals surface area (Å²) in [5.74, 6) is -0.565. The number of aryl methyl sites for hydroxylation is 1. The molecule has 3 rings (SSSR count). The van der Waals surface area contributed by atoms with Crippen LogP contribution in [0.5, 0.6) is 0 Å². The summed E-state index contributed by atoms with van der Waals surface area (Å²) in [7, 11) is -8.93. The van der Waals surface area contributed by atoms with Crippen molar-refractivity contribution in [2.45, 2.75) is 17.0 Å². The molecule has 0 atom stereocenters. The average molecular weight is 639 g/mol. The molecule has 13 nitrogen and oxygen atoms in total. The third-order valence-electron chi connectivity index (χ3n) is 3.62. The van der Waals surface area contributed by atoms with Crippen LogP contribution in [-0.4, -0.2) is 56.6 Å². The number of nitrogens with one attached hydrogen (secondary N) is 1. The molecule has 1 radical (unpaired) electrons. The van der Waals surface area contributed by atoms with Crippen molar-refractivity contribution in [3.8, 4) is 5.69 Å². The fraction of sp³-hybridized carbons (Fsp3) is 0.214. The number of hydrogen-bond acceptors (Lipinski definition) is 13. The van der Waals surface area contributed by atoms with Crippen molar-refractivity contribution < 1.29 is 118 Å². The van der Waals surface area contributed by atoms with Crippen LogP contribution in [0.15, 0.2) is 49.3 Å². The molecule has 0 saturated carbocycles. The van der Waals surface area contributed by atoms with Crippen LogP contribution >= 0.6 is 23.3 Å². The molecular formula is C14H12N6Na2O7S4Y. The van der Waals surface area contributed by atoms with E-state index in [0.29, 0.717) is 5.69 Å². The van der Waals surface area contributed by atoms with Gasteiger partial charge in [-0.3, -0.25) is 9.89 Å². The molecule has 169 valence electrons. The van der Waals surface area contributed by atoms with Crippen LogP contribution in [0.25, 0.3) is 5.69 Å². The molecule has 2 aromatic heterocycles. The molecule has 0 aliphatic heterocycles.